The number of amides is 2. The average Bonchev–Trinajstić information content (AvgIpc) is 3.32. The van der Waals surface area contributed by atoms with E-state index in [-0.39, 0.29) is 11.8 Å². The highest BCUT2D eigenvalue weighted by atomic mass is 32.1. The molecule has 0 spiro atoms. The summed E-state index contributed by atoms with van der Waals surface area (Å²) in [5, 5.41) is 7.21. The Kier molecular flexibility index (Phi) is 4.37. The molecule has 1 N–H and O–H groups in total. The topological polar surface area (TPSA) is 62.3 Å². The first-order valence-electron chi connectivity index (χ1n) is 8.31. The number of thiazole rings is 1. The lowest BCUT2D eigenvalue weighted by Gasteiger charge is -2.28. The number of carbonyl (C=O) groups is 2. The van der Waals surface area contributed by atoms with Crippen LogP contribution in [0.4, 0.5) is 5.13 Å². The van der Waals surface area contributed by atoms with Crippen LogP contribution < -0.4 is 5.32 Å². The van der Waals surface area contributed by atoms with Crippen LogP contribution in [-0.4, -0.2) is 28.2 Å². The van der Waals surface area contributed by atoms with E-state index < -0.39 is 0 Å². The van der Waals surface area contributed by atoms with E-state index in [2.05, 4.69) is 10.3 Å². The number of fused-ring (bicyclic) bond motifs is 1. The van der Waals surface area contributed by atoms with Gasteiger partial charge in [-0.25, -0.2) is 4.98 Å². The highest BCUT2D eigenvalue weighted by molar-refractivity contribution is 7.16. The van der Waals surface area contributed by atoms with Crippen LogP contribution in [0.2, 0.25) is 0 Å². The van der Waals surface area contributed by atoms with Crippen LogP contribution in [-0.2, 0) is 17.8 Å². The van der Waals surface area contributed by atoms with Crippen LogP contribution >= 0.6 is 22.7 Å². The molecule has 7 heteroatoms. The van der Waals surface area contributed by atoms with Crippen molar-refractivity contribution in [2.24, 2.45) is 5.92 Å². The van der Waals surface area contributed by atoms with Gasteiger partial charge in [0.2, 0.25) is 5.91 Å². The second-order valence-corrected chi connectivity index (χ2v) is 8.21. The molecule has 126 valence electrons. The molecule has 1 aliphatic carbocycles. The normalized spacial score (nSPS) is 17.8. The number of anilines is 1. The van der Waals surface area contributed by atoms with Gasteiger partial charge in [-0.15, -0.1) is 0 Å². The highest BCUT2D eigenvalue weighted by Gasteiger charge is 2.30. The lowest BCUT2D eigenvalue weighted by molar-refractivity contribution is -0.136. The van der Waals surface area contributed by atoms with E-state index in [0.717, 1.165) is 36.4 Å². The Morgan fingerprint density at radius 1 is 1.29 bits per heavy atom. The number of nitrogens with zero attached hydrogens (tertiary/aromatic N) is 2. The van der Waals surface area contributed by atoms with Crippen molar-refractivity contribution >= 4 is 39.6 Å². The summed E-state index contributed by atoms with van der Waals surface area (Å²) in [5.41, 5.74) is 1.68. The number of carbonyl (C=O) groups excluding carboxylic acids is 2. The maximum Gasteiger partial charge on any atom is 0.258 e. The summed E-state index contributed by atoms with van der Waals surface area (Å²) < 4.78 is 0. The highest BCUT2D eigenvalue weighted by Crippen LogP contribution is 2.32. The molecular formula is C17H19N3O2S2. The van der Waals surface area contributed by atoms with Crippen molar-refractivity contribution in [1.29, 1.82) is 0 Å². The zero-order valence-electron chi connectivity index (χ0n) is 13.3. The molecule has 0 radical (unpaired) electrons. The molecule has 0 saturated heterocycles. The largest absolute Gasteiger partial charge is 0.337 e. The fourth-order valence-electron chi connectivity index (χ4n) is 3.43. The van der Waals surface area contributed by atoms with Gasteiger partial charge in [0.25, 0.3) is 5.91 Å². The number of aromatic nitrogens is 1. The number of hydrogen-bond donors (Lipinski definition) is 1. The molecule has 1 saturated carbocycles. The van der Waals surface area contributed by atoms with Crippen molar-refractivity contribution < 1.29 is 9.59 Å². The second-order valence-electron chi connectivity index (χ2n) is 6.35. The fraction of sp³-hybridized carbons (Fsp3) is 0.471. The number of hydrogen-bond acceptors (Lipinski definition) is 5. The quantitative estimate of drug-likeness (QED) is 0.910. The van der Waals surface area contributed by atoms with E-state index in [1.54, 1.807) is 6.07 Å². The van der Waals surface area contributed by atoms with E-state index >= 15 is 0 Å². The molecule has 2 aliphatic rings. The Morgan fingerprint density at radius 3 is 2.88 bits per heavy atom. The molecule has 0 unspecified atom stereocenters. The lowest BCUT2D eigenvalue weighted by atomic mass is 10.0. The van der Waals surface area contributed by atoms with Crippen molar-refractivity contribution in [3.8, 4) is 0 Å². The summed E-state index contributed by atoms with van der Waals surface area (Å²) in [6, 6.07) is 1.80. The molecule has 3 heterocycles. The van der Waals surface area contributed by atoms with E-state index in [1.807, 2.05) is 15.7 Å². The smallest absolute Gasteiger partial charge is 0.258 e. The molecule has 0 bridgehead atoms. The zero-order valence-corrected chi connectivity index (χ0v) is 14.9. The predicted octanol–water partition coefficient (Wildman–Crippen LogP) is 3.53. The van der Waals surface area contributed by atoms with E-state index in [9.17, 15) is 9.59 Å². The minimum absolute atomic E-state index is 0.124. The predicted molar refractivity (Wildman–Crippen MR) is 95.5 cm³/mol. The Hall–Kier alpha value is -1.73. The van der Waals surface area contributed by atoms with Gasteiger partial charge in [0.1, 0.15) is 0 Å². The van der Waals surface area contributed by atoms with Gasteiger partial charge in [-0.05, 0) is 24.3 Å². The first kappa shape index (κ1) is 15.8. The lowest BCUT2D eigenvalue weighted by Crippen LogP contribution is -2.38. The molecule has 0 atom stereocenters. The standard InChI is InChI=1S/C17H19N3O2S2/c21-15(12-6-8-23-10-12)19-17-18-13-5-7-20(9-14(13)24-17)16(22)11-3-1-2-4-11/h6,8,10-11H,1-5,7,9H2,(H,18,19,21). The van der Waals surface area contributed by atoms with Crippen LogP contribution in [0.15, 0.2) is 16.8 Å². The third-order valence-corrected chi connectivity index (χ3v) is 6.43. The van der Waals surface area contributed by atoms with E-state index in [1.165, 1.54) is 35.5 Å². The Bertz CT molecular complexity index is 748. The first-order chi connectivity index (χ1) is 11.7. The van der Waals surface area contributed by atoms with E-state index in [0.29, 0.717) is 23.1 Å². The van der Waals surface area contributed by atoms with Gasteiger partial charge in [0, 0.05) is 29.1 Å². The van der Waals surface area contributed by atoms with Crippen molar-refractivity contribution in [1.82, 2.24) is 9.88 Å². The summed E-state index contributed by atoms with van der Waals surface area (Å²) >= 11 is 2.99. The van der Waals surface area contributed by atoms with E-state index in [4.69, 9.17) is 0 Å². The molecular weight excluding hydrogens is 342 g/mol. The Labute approximate surface area is 148 Å². The van der Waals surface area contributed by atoms with Gasteiger partial charge in [0.15, 0.2) is 5.13 Å². The van der Waals surface area contributed by atoms with Crippen molar-refractivity contribution in [2.45, 2.75) is 38.6 Å². The minimum atomic E-state index is -0.124. The van der Waals surface area contributed by atoms with Gasteiger partial charge in [0.05, 0.1) is 17.8 Å². The fourth-order valence-corrected chi connectivity index (χ4v) is 5.09. The van der Waals surface area contributed by atoms with Gasteiger partial charge < -0.3 is 4.90 Å². The zero-order chi connectivity index (χ0) is 16.5. The summed E-state index contributed by atoms with van der Waals surface area (Å²) in [4.78, 5) is 32.3. The van der Waals surface area contributed by atoms with Gasteiger partial charge in [-0.3, -0.25) is 14.9 Å². The molecule has 2 aromatic rings. The molecule has 5 nitrogen and oxygen atoms in total. The monoisotopic (exact) mass is 361 g/mol. The molecule has 0 aromatic carbocycles. The summed E-state index contributed by atoms with van der Waals surface area (Å²) in [7, 11) is 0. The summed E-state index contributed by atoms with van der Waals surface area (Å²) in [6.07, 6.45) is 5.20. The van der Waals surface area contributed by atoms with Gasteiger partial charge >= 0.3 is 0 Å². The molecule has 1 fully saturated rings. The molecule has 1 aliphatic heterocycles. The molecule has 24 heavy (non-hydrogen) atoms. The van der Waals surface area contributed by atoms with Crippen LogP contribution in [0.3, 0.4) is 0 Å². The molecule has 4 rings (SSSR count). The minimum Gasteiger partial charge on any atom is -0.337 e. The maximum absolute atomic E-state index is 12.6. The van der Waals surface area contributed by atoms with Crippen molar-refractivity contribution in [3.63, 3.8) is 0 Å². The van der Waals surface area contributed by atoms with Crippen LogP contribution in [0.1, 0.15) is 46.6 Å². The van der Waals surface area contributed by atoms with Gasteiger partial charge in [-0.1, -0.05) is 24.2 Å². The molecule has 2 amide bonds. The molecule has 2 aromatic heterocycles. The van der Waals surface area contributed by atoms with Gasteiger partial charge in [-0.2, -0.15) is 11.3 Å². The average molecular weight is 361 g/mol. The third kappa shape index (κ3) is 3.10. The van der Waals surface area contributed by atoms with Crippen molar-refractivity contribution in [2.75, 3.05) is 11.9 Å². The second kappa shape index (κ2) is 6.64. The summed E-state index contributed by atoms with van der Waals surface area (Å²) in [6.45, 7) is 1.38. The Balaban J connectivity index is 1.44. The van der Waals surface area contributed by atoms with Crippen LogP contribution in [0, 0.1) is 5.92 Å². The maximum atomic E-state index is 12.6. The van der Waals surface area contributed by atoms with Crippen molar-refractivity contribution in [3.05, 3.63) is 33.0 Å². The third-order valence-electron chi connectivity index (χ3n) is 4.75. The number of rotatable bonds is 3. The SMILES string of the molecule is O=C(Nc1nc2c(s1)CN(C(=O)C1CCCC1)CC2)c1ccsc1. The number of nitrogens with one attached hydrogen (secondary N) is 1. The first-order valence-corrected chi connectivity index (χ1v) is 10.1. The Morgan fingerprint density at radius 2 is 2.12 bits per heavy atom. The van der Waals surface area contributed by atoms with Crippen LogP contribution in [0.5, 0.6) is 0 Å². The number of thiophene rings is 1. The summed E-state index contributed by atoms with van der Waals surface area (Å²) in [5.74, 6) is 0.397. The van der Waals surface area contributed by atoms with Crippen LogP contribution in [0.25, 0.3) is 0 Å².